The van der Waals surface area contributed by atoms with Crippen LogP contribution in [0.4, 0.5) is 0 Å². The Morgan fingerprint density at radius 3 is 2.62 bits per heavy atom. The zero-order valence-electron chi connectivity index (χ0n) is 9.50. The number of aryl methyl sites for hydroxylation is 1. The first-order valence-electron chi connectivity index (χ1n) is 5.46. The van der Waals surface area contributed by atoms with Crippen molar-refractivity contribution in [2.45, 2.75) is 25.7 Å². The van der Waals surface area contributed by atoms with Crippen LogP contribution in [0.2, 0.25) is 0 Å². The largest absolute Gasteiger partial charge is 0.469 e. The third kappa shape index (κ3) is 2.46. The van der Waals surface area contributed by atoms with E-state index in [1.807, 2.05) is 19.1 Å². The maximum atomic E-state index is 11.8. The quantitative estimate of drug-likeness (QED) is 0.794. The summed E-state index contributed by atoms with van der Waals surface area (Å²) in [6.07, 6.45) is 2.26. The van der Waals surface area contributed by atoms with Gasteiger partial charge in [-0.25, -0.2) is 0 Å². The number of carbonyl (C=O) groups is 1. The van der Waals surface area contributed by atoms with E-state index in [1.165, 1.54) is 12.7 Å². The van der Waals surface area contributed by atoms with Crippen molar-refractivity contribution >= 4 is 21.9 Å². The number of hydrogen-bond donors (Lipinski definition) is 0. The molecule has 0 saturated heterocycles. The predicted octanol–water partition coefficient (Wildman–Crippen LogP) is 3.42. The van der Waals surface area contributed by atoms with E-state index in [4.69, 9.17) is 4.74 Å². The molecule has 1 unspecified atom stereocenters. The molecule has 3 heteroatoms. The lowest BCUT2D eigenvalue weighted by atomic mass is 9.93. The summed E-state index contributed by atoms with van der Waals surface area (Å²) in [4.78, 5) is 11.8. The fourth-order valence-electron chi connectivity index (χ4n) is 2.10. The second-order valence-corrected chi connectivity index (χ2v) is 5.32. The van der Waals surface area contributed by atoms with Crippen molar-refractivity contribution in [1.29, 1.82) is 0 Å². The van der Waals surface area contributed by atoms with Crippen LogP contribution in [0.3, 0.4) is 0 Å². The number of esters is 1. The minimum atomic E-state index is -0.111. The fourth-order valence-corrected chi connectivity index (χ4v) is 2.73. The molecule has 1 aromatic rings. The third-order valence-corrected chi connectivity index (χ3v) is 3.43. The maximum absolute atomic E-state index is 11.8. The molecule has 0 heterocycles. The molecule has 0 aromatic heterocycles. The van der Waals surface area contributed by atoms with Gasteiger partial charge in [-0.2, -0.15) is 0 Å². The van der Waals surface area contributed by atoms with Crippen molar-refractivity contribution in [3.8, 4) is 0 Å². The van der Waals surface area contributed by atoms with Gasteiger partial charge in [0.05, 0.1) is 13.0 Å². The van der Waals surface area contributed by atoms with Crippen LogP contribution < -0.4 is 0 Å². The number of hydrogen-bond acceptors (Lipinski definition) is 2. The Labute approximate surface area is 104 Å². The lowest BCUT2D eigenvalue weighted by Crippen LogP contribution is -2.16. The van der Waals surface area contributed by atoms with E-state index in [0.29, 0.717) is 5.92 Å². The molecule has 2 rings (SSSR count). The summed E-state index contributed by atoms with van der Waals surface area (Å²) in [6.45, 7) is 2.04. The Bertz CT molecular complexity index is 390. The molecular formula is C13H15BrO2. The number of ether oxygens (including phenoxy) is 1. The summed E-state index contributed by atoms with van der Waals surface area (Å²) in [5.41, 5.74) is 2.24. The Hall–Kier alpha value is -0.830. The second kappa shape index (κ2) is 4.58. The molecule has 0 amide bonds. The molecule has 86 valence electrons. The molecule has 1 aliphatic carbocycles. The van der Waals surface area contributed by atoms with Crippen molar-refractivity contribution in [3.05, 3.63) is 33.8 Å². The van der Waals surface area contributed by atoms with Crippen LogP contribution >= 0.6 is 15.9 Å². The summed E-state index contributed by atoms with van der Waals surface area (Å²) in [5.74, 6) is 0.280. The monoisotopic (exact) mass is 282 g/mol. The smallest absolute Gasteiger partial charge is 0.313 e. The lowest BCUT2D eigenvalue weighted by Gasteiger charge is -2.15. The van der Waals surface area contributed by atoms with Crippen molar-refractivity contribution in [2.24, 2.45) is 5.92 Å². The zero-order chi connectivity index (χ0) is 11.7. The second-order valence-electron chi connectivity index (χ2n) is 4.40. The summed E-state index contributed by atoms with van der Waals surface area (Å²) in [5, 5.41) is 0. The average molecular weight is 283 g/mol. The maximum Gasteiger partial charge on any atom is 0.313 e. The van der Waals surface area contributed by atoms with Crippen molar-refractivity contribution in [1.82, 2.24) is 0 Å². The molecule has 1 aromatic carbocycles. The highest BCUT2D eigenvalue weighted by Gasteiger charge is 2.38. The zero-order valence-corrected chi connectivity index (χ0v) is 11.1. The first kappa shape index (κ1) is 11.6. The normalized spacial score (nSPS) is 16.9. The minimum absolute atomic E-state index is 0.0822. The third-order valence-electron chi connectivity index (χ3n) is 2.97. The van der Waals surface area contributed by atoms with Gasteiger partial charge in [0.15, 0.2) is 0 Å². The Balaban J connectivity index is 2.34. The van der Waals surface area contributed by atoms with E-state index in [2.05, 4.69) is 22.0 Å². The number of carbonyl (C=O) groups excluding carboxylic acids is 1. The summed E-state index contributed by atoms with van der Waals surface area (Å²) < 4.78 is 5.92. The Morgan fingerprint density at radius 1 is 1.44 bits per heavy atom. The summed E-state index contributed by atoms with van der Waals surface area (Å²) in [6, 6.07) is 6.14. The van der Waals surface area contributed by atoms with Gasteiger partial charge in [0, 0.05) is 4.47 Å². The Kier molecular flexibility index (Phi) is 3.33. The molecule has 1 fully saturated rings. The summed E-state index contributed by atoms with van der Waals surface area (Å²) >= 11 is 3.47. The van der Waals surface area contributed by atoms with E-state index in [1.54, 1.807) is 0 Å². The molecule has 1 atom stereocenters. The van der Waals surface area contributed by atoms with Gasteiger partial charge in [0.25, 0.3) is 0 Å². The van der Waals surface area contributed by atoms with Gasteiger partial charge in [0.1, 0.15) is 0 Å². The first-order valence-corrected chi connectivity index (χ1v) is 6.26. The first-order chi connectivity index (χ1) is 7.61. The predicted molar refractivity (Wildman–Crippen MR) is 66.4 cm³/mol. The van der Waals surface area contributed by atoms with Crippen molar-refractivity contribution in [2.75, 3.05) is 7.11 Å². The van der Waals surface area contributed by atoms with Crippen LogP contribution in [0.1, 0.15) is 29.9 Å². The van der Waals surface area contributed by atoms with E-state index in [0.717, 1.165) is 22.9 Å². The average Bonchev–Trinajstić information content (AvgIpc) is 3.00. The molecule has 16 heavy (non-hydrogen) atoms. The van der Waals surface area contributed by atoms with Crippen LogP contribution in [0.25, 0.3) is 0 Å². The number of halogens is 1. The molecular weight excluding hydrogens is 268 g/mol. The van der Waals surface area contributed by atoms with Gasteiger partial charge in [-0.15, -0.1) is 0 Å². The number of rotatable bonds is 3. The van der Waals surface area contributed by atoms with Gasteiger partial charge in [-0.3, -0.25) is 4.79 Å². The Morgan fingerprint density at radius 2 is 2.12 bits per heavy atom. The highest BCUT2D eigenvalue weighted by Crippen LogP contribution is 2.43. The number of methoxy groups -OCH3 is 1. The summed E-state index contributed by atoms with van der Waals surface area (Å²) in [7, 11) is 1.46. The molecule has 0 aliphatic heterocycles. The van der Waals surface area contributed by atoms with E-state index in [-0.39, 0.29) is 11.9 Å². The van der Waals surface area contributed by atoms with Gasteiger partial charge in [-0.1, -0.05) is 22.0 Å². The van der Waals surface area contributed by atoms with Gasteiger partial charge < -0.3 is 4.74 Å². The van der Waals surface area contributed by atoms with E-state index in [9.17, 15) is 4.79 Å². The van der Waals surface area contributed by atoms with Crippen LogP contribution in [-0.2, 0) is 9.53 Å². The van der Waals surface area contributed by atoms with Crippen molar-refractivity contribution in [3.63, 3.8) is 0 Å². The fraction of sp³-hybridized carbons (Fsp3) is 0.462. The SMILES string of the molecule is COC(=O)C(c1cc(C)cc(Br)c1)C1CC1. The highest BCUT2D eigenvalue weighted by molar-refractivity contribution is 9.10. The van der Waals surface area contributed by atoms with Crippen LogP contribution in [0.15, 0.2) is 22.7 Å². The molecule has 0 spiro atoms. The van der Waals surface area contributed by atoms with Crippen LogP contribution in [0.5, 0.6) is 0 Å². The van der Waals surface area contributed by atoms with E-state index >= 15 is 0 Å². The highest BCUT2D eigenvalue weighted by atomic mass is 79.9. The van der Waals surface area contributed by atoms with Gasteiger partial charge >= 0.3 is 5.97 Å². The molecule has 1 saturated carbocycles. The van der Waals surface area contributed by atoms with E-state index < -0.39 is 0 Å². The molecule has 0 N–H and O–H groups in total. The standard InChI is InChI=1S/C13H15BrO2/c1-8-5-10(7-11(14)6-8)12(9-3-4-9)13(15)16-2/h5-7,9,12H,3-4H2,1-2H3. The lowest BCUT2D eigenvalue weighted by molar-refractivity contribution is -0.143. The van der Waals surface area contributed by atoms with Gasteiger partial charge in [0.2, 0.25) is 0 Å². The molecule has 1 aliphatic rings. The number of benzene rings is 1. The van der Waals surface area contributed by atoms with Crippen LogP contribution in [0, 0.1) is 12.8 Å². The molecule has 0 radical (unpaired) electrons. The van der Waals surface area contributed by atoms with Gasteiger partial charge in [-0.05, 0) is 48.9 Å². The minimum Gasteiger partial charge on any atom is -0.469 e. The topological polar surface area (TPSA) is 26.3 Å². The molecule has 2 nitrogen and oxygen atoms in total. The molecule has 0 bridgehead atoms. The van der Waals surface area contributed by atoms with Crippen LogP contribution in [-0.4, -0.2) is 13.1 Å². The van der Waals surface area contributed by atoms with Crippen molar-refractivity contribution < 1.29 is 9.53 Å².